The second-order valence-corrected chi connectivity index (χ2v) is 4.82. The zero-order chi connectivity index (χ0) is 13.4. The van der Waals surface area contributed by atoms with Gasteiger partial charge in [-0.05, 0) is 42.0 Å². The number of ether oxygens (including phenoxy) is 2. The van der Waals surface area contributed by atoms with Crippen molar-refractivity contribution in [1.29, 1.82) is 0 Å². The van der Waals surface area contributed by atoms with Gasteiger partial charge in [0.15, 0.2) is 11.5 Å². The number of hydrogen-bond acceptors (Lipinski definition) is 3. The highest BCUT2D eigenvalue weighted by Crippen LogP contribution is 2.32. The molecule has 1 aromatic heterocycles. The minimum absolute atomic E-state index is 0.316. The van der Waals surface area contributed by atoms with Crippen LogP contribution in [0, 0.1) is 0 Å². The number of aromatic nitrogens is 1. The molecular weight excluding hydrogens is 252 g/mol. The molecule has 4 heteroatoms. The maximum Gasteiger partial charge on any atom is 0.231 e. The molecular formula is C16H14N2O2. The van der Waals surface area contributed by atoms with E-state index in [4.69, 9.17) is 9.47 Å². The summed E-state index contributed by atoms with van der Waals surface area (Å²) in [5.41, 5.74) is 3.43. The maximum atomic E-state index is 5.38. The number of anilines is 1. The molecule has 0 spiro atoms. The lowest BCUT2D eigenvalue weighted by atomic mass is 10.2. The molecule has 2 N–H and O–H groups in total. The summed E-state index contributed by atoms with van der Waals surface area (Å²) in [6.07, 6.45) is 1.95. The lowest BCUT2D eigenvalue weighted by Crippen LogP contribution is -1.99. The van der Waals surface area contributed by atoms with E-state index in [0.29, 0.717) is 6.79 Å². The highest BCUT2D eigenvalue weighted by atomic mass is 16.7. The molecule has 0 aliphatic carbocycles. The number of fused-ring (bicyclic) bond motifs is 2. The van der Waals surface area contributed by atoms with Crippen LogP contribution in [0.15, 0.2) is 48.7 Å². The quantitative estimate of drug-likeness (QED) is 0.762. The van der Waals surface area contributed by atoms with Crippen LogP contribution in [0.4, 0.5) is 5.69 Å². The second kappa shape index (κ2) is 4.49. The Balaban J connectivity index is 1.52. The Bertz CT molecular complexity index is 764. The Morgan fingerprint density at radius 1 is 1.00 bits per heavy atom. The molecule has 100 valence electrons. The van der Waals surface area contributed by atoms with Crippen molar-refractivity contribution in [1.82, 2.24) is 4.98 Å². The van der Waals surface area contributed by atoms with E-state index >= 15 is 0 Å². The molecule has 0 unspecified atom stereocenters. The summed E-state index contributed by atoms with van der Waals surface area (Å²) >= 11 is 0. The van der Waals surface area contributed by atoms with Crippen molar-refractivity contribution in [2.75, 3.05) is 12.1 Å². The first-order valence-corrected chi connectivity index (χ1v) is 6.58. The smallest absolute Gasteiger partial charge is 0.231 e. The van der Waals surface area contributed by atoms with Crippen LogP contribution < -0.4 is 14.8 Å². The minimum Gasteiger partial charge on any atom is -0.454 e. The normalized spacial score (nSPS) is 12.8. The summed E-state index contributed by atoms with van der Waals surface area (Å²) in [4.78, 5) is 3.19. The Kier molecular flexibility index (Phi) is 2.52. The standard InChI is InChI=1S/C16H14N2O2/c1-4-15-16(20-10-19-15)7-11(1)9-18-13-2-3-14-12(8-13)5-6-17-14/h1-8,17-18H,9-10H2. The number of aromatic amines is 1. The fourth-order valence-electron chi connectivity index (χ4n) is 2.42. The third-order valence-corrected chi connectivity index (χ3v) is 3.49. The van der Waals surface area contributed by atoms with Gasteiger partial charge >= 0.3 is 0 Å². The molecule has 0 radical (unpaired) electrons. The van der Waals surface area contributed by atoms with Crippen molar-refractivity contribution in [2.45, 2.75) is 6.54 Å². The molecule has 2 aromatic carbocycles. The first-order chi connectivity index (χ1) is 9.88. The lowest BCUT2D eigenvalue weighted by molar-refractivity contribution is 0.174. The lowest BCUT2D eigenvalue weighted by Gasteiger charge is -2.07. The van der Waals surface area contributed by atoms with Gasteiger partial charge in [0.25, 0.3) is 0 Å². The fraction of sp³-hybridized carbons (Fsp3) is 0.125. The van der Waals surface area contributed by atoms with Crippen LogP contribution in [0.2, 0.25) is 0 Å². The molecule has 4 rings (SSSR count). The van der Waals surface area contributed by atoms with E-state index in [1.54, 1.807) is 0 Å². The highest BCUT2D eigenvalue weighted by Gasteiger charge is 2.12. The van der Waals surface area contributed by atoms with Gasteiger partial charge in [-0.1, -0.05) is 6.07 Å². The molecule has 1 aliphatic heterocycles. The molecule has 0 saturated carbocycles. The number of H-pyrrole nitrogens is 1. The van der Waals surface area contributed by atoms with Gasteiger partial charge in [-0.2, -0.15) is 0 Å². The molecule has 3 aromatic rings. The van der Waals surface area contributed by atoms with Crippen molar-refractivity contribution < 1.29 is 9.47 Å². The fourth-order valence-corrected chi connectivity index (χ4v) is 2.42. The molecule has 0 fully saturated rings. The van der Waals surface area contributed by atoms with Gasteiger partial charge in [-0.25, -0.2) is 0 Å². The van der Waals surface area contributed by atoms with E-state index in [1.807, 2.05) is 18.3 Å². The van der Waals surface area contributed by atoms with E-state index in [-0.39, 0.29) is 0 Å². The van der Waals surface area contributed by atoms with Crippen molar-refractivity contribution in [3.05, 3.63) is 54.2 Å². The first kappa shape index (κ1) is 11.2. The third kappa shape index (κ3) is 1.95. The van der Waals surface area contributed by atoms with Crippen LogP contribution in [0.1, 0.15) is 5.56 Å². The van der Waals surface area contributed by atoms with Crippen LogP contribution >= 0.6 is 0 Å². The maximum absolute atomic E-state index is 5.38. The average molecular weight is 266 g/mol. The average Bonchev–Trinajstić information content (AvgIpc) is 3.12. The molecule has 0 atom stereocenters. The predicted molar refractivity (Wildman–Crippen MR) is 78.2 cm³/mol. The summed E-state index contributed by atoms with van der Waals surface area (Å²) in [6, 6.07) is 14.4. The zero-order valence-electron chi connectivity index (χ0n) is 10.8. The first-order valence-electron chi connectivity index (χ1n) is 6.58. The van der Waals surface area contributed by atoms with Crippen molar-refractivity contribution >= 4 is 16.6 Å². The van der Waals surface area contributed by atoms with Gasteiger partial charge in [0, 0.05) is 29.3 Å². The summed E-state index contributed by atoms with van der Waals surface area (Å²) < 4.78 is 10.7. The van der Waals surface area contributed by atoms with Gasteiger partial charge in [0.1, 0.15) is 0 Å². The summed E-state index contributed by atoms with van der Waals surface area (Å²) in [6.45, 7) is 1.07. The zero-order valence-corrected chi connectivity index (χ0v) is 10.8. The molecule has 0 bridgehead atoms. The summed E-state index contributed by atoms with van der Waals surface area (Å²) in [5.74, 6) is 1.65. The topological polar surface area (TPSA) is 46.3 Å². The molecule has 0 amide bonds. The Labute approximate surface area is 116 Å². The van der Waals surface area contributed by atoms with Crippen molar-refractivity contribution in [3.63, 3.8) is 0 Å². The number of benzene rings is 2. The second-order valence-electron chi connectivity index (χ2n) is 4.82. The largest absolute Gasteiger partial charge is 0.454 e. The van der Waals surface area contributed by atoms with Crippen molar-refractivity contribution in [2.24, 2.45) is 0 Å². The van der Waals surface area contributed by atoms with Gasteiger partial charge in [0.05, 0.1) is 0 Å². The van der Waals surface area contributed by atoms with E-state index in [1.165, 1.54) is 10.9 Å². The monoisotopic (exact) mass is 266 g/mol. The van der Waals surface area contributed by atoms with Crippen LogP contribution in [-0.4, -0.2) is 11.8 Å². The number of hydrogen-bond donors (Lipinski definition) is 2. The van der Waals surface area contributed by atoms with E-state index in [9.17, 15) is 0 Å². The molecule has 1 aliphatic rings. The van der Waals surface area contributed by atoms with Crippen LogP contribution in [0.25, 0.3) is 10.9 Å². The van der Waals surface area contributed by atoms with Crippen LogP contribution in [-0.2, 0) is 6.54 Å². The molecule has 4 nitrogen and oxygen atoms in total. The summed E-state index contributed by atoms with van der Waals surface area (Å²) in [5, 5.41) is 4.63. The summed E-state index contributed by atoms with van der Waals surface area (Å²) in [7, 11) is 0. The third-order valence-electron chi connectivity index (χ3n) is 3.49. The molecule has 20 heavy (non-hydrogen) atoms. The Morgan fingerprint density at radius 2 is 1.95 bits per heavy atom. The van der Waals surface area contributed by atoms with Crippen LogP contribution in [0.5, 0.6) is 11.5 Å². The van der Waals surface area contributed by atoms with E-state index in [2.05, 4.69) is 40.6 Å². The Hall–Kier alpha value is -2.62. The van der Waals surface area contributed by atoms with E-state index in [0.717, 1.165) is 29.2 Å². The van der Waals surface area contributed by atoms with E-state index < -0.39 is 0 Å². The molecule has 0 saturated heterocycles. The molecule has 2 heterocycles. The van der Waals surface area contributed by atoms with Gasteiger partial charge in [-0.3, -0.25) is 0 Å². The van der Waals surface area contributed by atoms with Crippen LogP contribution in [0.3, 0.4) is 0 Å². The number of rotatable bonds is 3. The SMILES string of the molecule is c1cc2cc(NCc3ccc4c(c3)OCO4)ccc2[nH]1. The minimum atomic E-state index is 0.316. The van der Waals surface area contributed by atoms with Crippen molar-refractivity contribution in [3.8, 4) is 11.5 Å². The number of nitrogens with one attached hydrogen (secondary N) is 2. The highest BCUT2D eigenvalue weighted by molar-refractivity contribution is 5.82. The Morgan fingerprint density at radius 3 is 2.95 bits per heavy atom. The predicted octanol–water partition coefficient (Wildman–Crippen LogP) is 3.51. The van der Waals surface area contributed by atoms with Gasteiger partial charge in [-0.15, -0.1) is 0 Å². The van der Waals surface area contributed by atoms with Gasteiger partial charge in [0.2, 0.25) is 6.79 Å². The van der Waals surface area contributed by atoms with Gasteiger partial charge < -0.3 is 19.8 Å².